The minimum atomic E-state index is 0.0481. The van der Waals surface area contributed by atoms with Crippen molar-refractivity contribution in [2.24, 2.45) is 0 Å². The summed E-state index contributed by atoms with van der Waals surface area (Å²) in [5, 5.41) is 18.2. The van der Waals surface area contributed by atoms with Gasteiger partial charge in [0.15, 0.2) is 0 Å². The lowest BCUT2D eigenvalue weighted by atomic mass is 10.0. The molecule has 0 aliphatic rings. The molecule has 1 aromatic carbocycles. The van der Waals surface area contributed by atoms with Crippen LogP contribution < -0.4 is 0 Å². The zero-order valence-corrected chi connectivity index (χ0v) is 6.63. The van der Waals surface area contributed by atoms with Crippen LogP contribution in [-0.2, 0) is 0 Å². The summed E-state index contributed by atoms with van der Waals surface area (Å²) in [6.45, 7) is 3.92. The van der Waals surface area contributed by atoms with Crippen LogP contribution in [0.25, 0.3) is 0 Å². The molecule has 59 valence electrons. The molecule has 0 heterocycles. The number of aromatic hydroxyl groups is 2. The molecule has 0 amide bonds. The molecular formula is C9H11O2. The molecule has 1 aromatic rings. The number of hydrogen-bond acceptors (Lipinski definition) is 2. The van der Waals surface area contributed by atoms with Crippen LogP contribution in [0.15, 0.2) is 12.1 Å². The maximum Gasteiger partial charge on any atom is 0.123 e. The Hall–Kier alpha value is -1.18. The van der Waals surface area contributed by atoms with Gasteiger partial charge in [0, 0.05) is 11.6 Å². The third-order valence-corrected chi connectivity index (χ3v) is 1.51. The van der Waals surface area contributed by atoms with E-state index in [1.165, 1.54) is 12.1 Å². The van der Waals surface area contributed by atoms with E-state index in [4.69, 9.17) is 5.11 Å². The van der Waals surface area contributed by atoms with Crippen molar-refractivity contribution in [2.75, 3.05) is 0 Å². The van der Waals surface area contributed by atoms with E-state index in [9.17, 15) is 5.11 Å². The Morgan fingerprint density at radius 1 is 1.36 bits per heavy atom. The summed E-state index contributed by atoms with van der Waals surface area (Å²) in [5.41, 5.74) is 0.739. The molecule has 0 unspecified atom stereocenters. The van der Waals surface area contributed by atoms with Crippen molar-refractivity contribution >= 4 is 0 Å². The lowest BCUT2D eigenvalue weighted by Gasteiger charge is -2.06. The molecule has 0 saturated heterocycles. The van der Waals surface area contributed by atoms with Crippen molar-refractivity contribution in [3.05, 3.63) is 23.8 Å². The predicted octanol–water partition coefficient (Wildman–Crippen LogP) is 2.02. The summed E-state index contributed by atoms with van der Waals surface area (Å²) < 4.78 is 0. The molecule has 0 bridgehead atoms. The first-order valence-corrected chi connectivity index (χ1v) is 3.55. The van der Waals surface area contributed by atoms with Crippen LogP contribution in [-0.4, -0.2) is 10.2 Å². The van der Waals surface area contributed by atoms with E-state index in [-0.39, 0.29) is 17.4 Å². The Balaban J connectivity index is 3.09. The van der Waals surface area contributed by atoms with Gasteiger partial charge in [0.05, 0.1) is 0 Å². The molecule has 2 N–H and O–H groups in total. The Morgan fingerprint density at radius 3 is 2.45 bits per heavy atom. The second kappa shape index (κ2) is 2.82. The molecule has 0 aliphatic carbocycles. The van der Waals surface area contributed by atoms with E-state index in [2.05, 4.69) is 6.07 Å². The molecule has 1 rings (SSSR count). The lowest BCUT2D eigenvalue weighted by Crippen LogP contribution is -1.87. The summed E-state index contributed by atoms with van der Waals surface area (Å²) in [6, 6.07) is 5.58. The molecule has 2 nitrogen and oxygen atoms in total. The summed E-state index contributed by atoms with van der Waals surface area (Å²) in [6.07, 6.45) is 0. The quantitative estimate of drug-likeness (QED) is 0.644. The van der Waals surface area contributed by atoms with Gasteiger partial charge in [-0.15, -0.1) is 0 Å². The van der Waals surface area contributed by atoms with Gasteiger partial charge in [-0.2, -0.15) is 0 Å². The number of rotatable bonds is 1. The highest BCUT2D eigenvalue weighted by Gasteiger charge is 2.05. The van der Waals surface area contributed by atoms with Crippen LogP contribution in [0.3, 0.4) is 0 Å². The molecule has 11 heavy (non-hydrogen) atoms. The normalized spacial score (nSPS) is 10.5. The molecule has 0 atom stereocenters. The van der Waals surface area contributed by atoms with Gasteiger partial charge in [0.2, 0.25) is 0 Å². The van der Waals surface area contributed by atoms with Crippen LogP contribution >= 0.6 is 0 Å². The number of benzene rings is 1. The Morgan fingerprint density at radius 2 is 2.00 bits per heavy atom. The Kier molecular flexibility index (Phi) is 2.03. The summed E-state index contributed by atoms with van der Waals surface area (Å²) in [7, 11) is 0. The van der Waals surface area contributed by atoms with Gasteiger partial charge in [0.25, 0.3) is 0 Å². The average Bonchev–Trinajstić information content (AvgIpc) is 1.85. The van der Waals surface area contributed by atoms with Gasteiger partial charge in [-0.05, 0) is 18.1 Å². The van der Waals surface area contributed by atoms with Crippen molar-refractivity contribution in [2.45, 2.75) is 19.8 Å². The van der Waals surface area contributed by atoms with Crippen molar-refractivity contribution in [1.29, 1.82) is 0 Å². The Bertz CT molecular complexity index is 254. The second-order valence-corrected chi connectivity index (χ2v) is 2.81. The van der Waals surface area contributed by atoms with E-state index in [0.29, 0.717) is 0 Å². The maximum atomic E-state index is 9.27. The van der Waals surface area contributed by atoms with Crippen LogP contribution in [0.1, 0.15) is 25.3 Å². The first kappa shape index (κ1) is 7.92. The molecule has 0 spiro atoms. The van der Waals surface area contributed by atoms with Crippen LogP contribution in [0, 0.1) is 6.07 Å². The number of phenolic OH excluding ortho intramolecular Hbond substituents is 2. The smallest absolute Gasteiger partial charge is 0.123 e. The zero-order chi connectivity index (χ0) is 8.43. The first-order chi connectivity index (χ1) is 5.11. The molecular weight excluding hydrogens is 140 g/mol. The molecule has 0 saturated carbocycles. The molecule has 0 aliphatic heterocycles. The number of phenols is 2. The Labute approximate surface area is 66.1 Å². The summed E-state index contributed by atoms with van der Waals surface area (Å²) in [4.78, 5) is 0. The van der Waals surface area contributed by atoms with E-state index < -0.39 is 0 Å². The van der Waals surface area contributed by atoms with Crippen LogP contribution in [0.2, 0.25) is 0 Å². The predicted molar refractivity (Wildman–Crippen MR) is 42.7 cm³/mol. The van der Waals surface area contributed by atoms with Gasteiger partial charge in [-0.25, -0.2) is 0 Å². The topological polar surface area (TPSA) is 40.5 Å². The second-order valence-electron chi connectivity index (χ2n) is 2.81. The third-order valence-electron chi connectivity index (χ3n) is 1.51. The van der Waals surface area contributed by atoms with Gasteiger partial charge in [-0.1, -0.05) is 13.8 Å². The van der Waals surface area contributed by atoms with Crippen LogP contribution in [0.4, 0.5) is 0 Å². The van der Waals surface area contributed by atoms with Crippen molar-refractivity contribution in [1.82, 2.24) is 0 Å². The largest absolute Gasteiger partial charge is 0.508 e. The van der Waals surface area contributed by atoms with Crippen molar-refractivity contribution < 1.29 is 10.2 Å². The van der Waals surface area contributed by atoms with E-state index in [1.54, 1.807) is 0 Å². The fourth-order valence-electron chi connectivity index (χ4n) is 0.948. The highest BCUT2D eigenvalue weighted by Crippen LogP contribution is 2.27. The SMILES string of the molecule is CC(C)c1[c]cc(O)cc1O. The van der Waals surface area contributed by atoms with Gasteiger partial charge >= 0.3 is 0 Å². The van der Waals surface area contributed by atoms with Gasteiger partial charge in [-0.3, -0.25) is 0 Å². The highest BCUT2D eigenvalue weighted by molar-refractivity contribution is 5.39. The minimum Gasteiger partial charge on any atom is -0.508 e. The van der Waals surface area contributed by atoms with E-state index >= 15 is 0 Å². The zero-order valence-electron chi connectivity index (χ0n) is 6.63. The summed E-state index contributed by atoms with van der Waals surface area (Å²) in [5.74, 6) is 0.391. The van der Waals surface area contributed by atoms with Gasteiger partial charge in [0.1, 0.15) is 11.5 Å². The molecule has 0 fully saturated rings. The van der Waals surface area contributed by atoms with Crippen LogP contribution in [0.5, 0.6) is 11.5 Å². The van der Waals surface area contributed by atoms with Gasteiger partial charge < -0.3 is 10.2 Å². The lowest BCUT2D eigenvalue weighted by molar-refractivity contribution is 0.443. The van der Waals surface area contributed by atoms with E-state index in [0.717, 1.165) is 5.56 Å². The molecule has 1 radical (unpaired) electrons. The van der Waals surface area contributed by atoms with E-state index in [1.807, 2.05) is 13.8 Å². The fourth-order valence-corrected chi connectivity index (χ4v) is 0.948. The third kappa shape index (κ3) is 1.64. The molecule has 2 heteroatoms. The fraction of sp³-hybridized carbons (Fsp3) is 0.333. The highest BCUT2D eigenvalue weighted by atomic mass is 16.3. The number of hydrogen-bond donors (Lipinski definition) is 2. The maximum absolute atomic E-state index is 9.27. The standard InChI is InChI=1S/C9H11O2/c1-6(2)8-4-3-7(10)5-9(8)11/h3,5-6,10-11H,1-2H3. The molecule has 0 aromatic heterocycles. The van der Waals surface area contributed by atoms with Crippen molar-refractivity contribution in [3.8, 4) is 11.5 Å². The minimum absolute atomic E-state index is 0.0481. The summed E-state index contributed by atoms with van der Waals surface area (Å²) >= 11 is 0. The van der Waals surface area contributed by atoms with Crippen molar-refractivity contribution in [3.63, 3.8) is 0 Å². The first-order valence-electron chi connectivity index (χ1n) is 3.55. The monoisotopic (exact) mass is 151 g/mol. The average molecular weight is 151 g/mol.